The Morgan fingerprint density at radius 1 is 0.279 bits per heavy atom. The zero-order chi connectivity index (χ0) is 31.7. The van der Waals surface area contributed by atoms with Crippen LogP contribution in [0.5, 0.6) is 0 Å². The molecule has 0 aromatic heterocycles. The first-order valence-corrected chi connectivity index (χ1v) is 27.0. The molecule has 0 atom stereocenters. The number of rotatable bonds is 36. The van der Waals surface area contributed by atoms with Gasteiger partial charge >= 0.3 is 0 Å². The molecular formula is C40H87NSi2. The Morgan fingerprint density at radius 3 is 0.651 bits per heavy atom. The molecule has 0 amide bonds. The van der Waals surface area contributed by atoms with Crippen molar-refractivity contribution < 1.29 is 0 Å². The van der Waals surface area contributed by atoms with E-state index in [0.29, 0.717) is 0 Å². The van der Waals surface area contributed by atoms with Crippen molar-refractivity contribution in [3.05, 3.63) is 0 Å². The van der Waals surface area contributed by atoms with Crippen molar-refractivity contribution in [1.82, 2.24) is 4.65 Å². The van der Waals surface area contributed by atoms with Gasteiger partial charge in [0, 0.05) is 0 Å². The van der Waals surface area contributed by atoms with E-state index in [1.807, 2.05) is 0 Å². The molecular weight excluding hydrogens is 551 g/mol. The second-order valence-electron chi connectivity index (χ2n) is 16.0. The third-order valence-electron chi connectivity index (χ3n) is 9.84. The molecule has 0 radical (unpaired) electrons. The van der Waals surface area contributed by atoms with E-state index in [1.54, 1.807) is 0 Å². The second kappa shape index (κ2) is 32.3. The highest BCUT2D eigenvalue weighted by Crippen LogP contribution is 2.24. The predicted octanol–water partition coefficient (Wildman–Crippen LogP) is 15.5. The molecule has 0 fully saturated rings. The first kappa shape index (κ1) is 43.4. The molecule has 1 N–H and O–H groups in total. The summed E-state index contributed by atoms with van der Waals surface area (Å²) < 4.78 is 4.31. The summed E-state index contributed by atoms with van der Waals surface area (Å²) in [6.07, 6.45) is 47.1. The molecule has 1 nitrogen and oxygen atoms in total. The SMILES string of the molecule is CCCCCCCCCCCCCCCCCC[Si](C)(CCCCCCCCCCCCCCCCCC)N[Si](C)(C)C. The lowest BCUT2D eigenvalue weighted by atomic mass is 10.0. The maximum Gasteiger partial charge on any atom is 0.116 e. The van der Waals surface area contributed by atoms with Crippen molar-refractivity contribution in [1.29, 1.82) is 0 Å². The third kappa shape index (κ3) is 35.1. The molecule has 0 saturated carbocycles. The lowest BCUT2D eigenvalue weighted by Crippen LogP contribution is -2.59. The topological polar surface area (TPSA) is 12.0 Å². The van der Waals surface area contributed by atoms with Crippen LogP contribution < -0.4 is 4.65 Å². The molecule has 0 spiro atoms. The summed E-state index contributed by atoms with van der Waals surface area (Å²) in [5.41, 5.74) is 0. The van der Waals surface area contributed by atoms with E-state index in [1.165, 1.54) is 218 Å². The van der Waals surface area contributed by atoms with Crippen LogP contribution in [-0.4, -0.2) is 16.5 Å². The fourth-order valence-electron chi connectivity index (χ4n) is 7.28. The summed E-state index contributed by atoms with van der Waals surface area (Å²) in [6.45, 7) is 14.9. The fourth-order valence-corrected chi connectivity index (χ4v) is 17.8. The van der Waals surface area contributed by atoms with Gasteiger partial charge < -0.3 is 4.65 Å². The Balaban J connectivity index is 3.71. The molecule has 43 heavy (non-hydrogen) atoms. The van der Waals surface area contributed by atoms with Gasteiger partial charge in [0.2, 0.25) is 0 Å². The van der Waals surface area contributed by atoms with Gasteiger partial charge in [0.1, 0.15) is 16.5 Å². The monoisotopic (exact) mass is 638 g/mol. The van der Waals surface area contributed by atoms with Gasteiger partial charge in [0.25, 0.3) is 0 Å². The van der Waals surface area contributed by atoms with Gasteiger partial charge in [-0.15, -0.1) is 0 Å². The lowest BCUT2D eigenvalue weighted by Gasteiger charge is -2.35. The fraction of sp³-hybridized carbons (Fsp3) is 1.00. The second-order valence-corrected chi connectivity index (χ2v) is 25.7. The Bertz CT molecular complexity index is 493. The van der Waals surface area contributed by atoms with Gasteiger partial charge in [0.15, 0.2) is 0 Å². The molecule has 0 aliphatic carbocycles. The largest absolute Gasteiger partial charge is 0.359 e. The Labute approximate surface area is 277 Å². The van der Waals surface area contributed by atoms with E-state index in [2.05, 4.69) is 44.7 Å². The first-order chi connectivity index (χ1) is 20.8. The van der Waals surface area contributed by atoms with Crippen molar-refractivity contribution in [3.8, 4) is 0 Å². The summed E-state index contributed by atoms with van der Waals surface area (Å²) >= 11 is 0. The highest BCUT2D eigenvalue weighted by Gasteiger charge is 2.31. The quantitative estimate of drug-likeness (QED) is 0.0532. The van der Waals surface area contributed by atoms with Crippen LogP contribution in [0.4, 0.5) is 0 Å². The molecule has 0 heterocycles. The van der Waals surface area contributed by atoms with Gasteiger partial charge in [-0.1, -0.05) is 246 Å². The highest BCUT2D eigenvalue weighted by atomic mass is 28.4. The maximum atomic E-state index is 4.31. The normalized spacial score (nSPS) is 12.4. The van der Waals surface area contributed by atoms with Crippen molar-refractivity contribution in [3.63, 3.8) is 0 Å². The van der Waals surface area contributed by atoms with E-state index >= 15 is 0 Å². The van der Waals surface area contributed by atoms with Crippen LogP contribution in [0.2, 0.25) is 38.3 Å². The molecule has 0 aliphatic heterocycles. The third-order valence-corrected chi connectivity index (χ3v) is 18.2. The molecule has 0 aliphatic rings. The summed E-state index contributed by atoms with van der Waals surface area (Å²) in [5, 5.41) is 0. The van der Waals surface area contributed by atoms with Crippen molar-refractivity contribution >= 4 is 16.5 Å². The summed E-state index contributed by atoms with van der Waals surface area (Å²) in [6, 6.07) is 3.04. The lowest BCUT2D eigenvalue weighted by molar-refractivity contribution is 0.530. The van der Waals surface area contributed by atoms with Crippen LogP contribution in [0, 0.1) is 0 Å². The summed E-state index contributed by atoms with van der Waals surface area (Å²) in [5.74, 6) is 0. The highest BCUT2D eigenvalue weighted by molar-refractivity contribution is 6.91. The average Bonchev–Trinajstić information content (AvgIpc) is 2.96. The van der Waals surface area contributed by atoms with E-state index < -0.39 is 16.5 Å². The van der Waals surface area contributed by atoms with Gasteiger partial charge in [-0.2, -0.15) is 0 Å². The smallest absolute Gasteiger partial charge is 0.116 e. The first-order valence-electron chi connectivity index (χ1n) is 20.6. The zero-order valence-corrected chi connectivity index (χ0v) is 33.5. The molecule has 0 unspecified atom stereocenters. The Kier molecular flexibility index (Phi) is 32.6. The molecule has 0 aromatic carbocycles. The average molecular weight is 638 g/mol. The molecule has 0 saturated heterocycles. The maximum absolute atomic E-state index is 4.31. The van der Waals surface area contributed by atoms with Crippen LogP contribution >= 0.6 is 0 Å². The minimum Gasteiger partial charge on any atom is -0.359 e. The van der Waals surface area contributed by atoms with E-state index in [0.717, 1.165) is 0 Å². The minimum absolute atomic E-state index is 1.20. The van der Waals surface area contributed by atoms with Crippen LogP contribution in [0.15, 0.2) is 0 Å². The van der Waals surface area contributed by atoms with Gasteiger partial charge in [0.05, 0.1) is 0 Å². The number of hydrogen-bond acceptors (Lipinski definition) is 1. The molecule has 0 rings (SSSR count). The molecule has 260 valence electrons. The number of hydrogen-bond donors (Lipinski definition) is 1. The molecule has 0 bridgehead atoms. The minimum atomic E-state index is -1.29. The summed E-state index contributed by atoms with van der Waals surface area (Å²) in [7, 11) is -2.49. The van der Waals surface area contributed by atoms with Crippen LogP contribution in [0.1, 0.15) is 219 Å². The Hall–Kier alpha value is 0.394. The molecule has 0 aromatic rings. The van der Waals surface area contributed by atoms with E-state index in [9.17, 15) is 0 Å². The van der Waals surface area contributed by atoms with Crippen molar-refractivity contribution in [2.24, 2.45) is 0 Å². The summed E-state index contributed by atoms with van der Waals surface area (Å²) in [4.78, 5) is 0. The number of nitrogens with one attached hydrogen (secondary N) is 1. The van der Waals surface area contributed by atoms with Crippen molar-refractivity contribution in [2.75, 3.05) is 0 Å². The van der Waals surface area contributed by atoms with Crippen molar-refractivity contribution in [2.45, 2.75) is 258 Å². The predicted molar refractivity (Wildman–Crippen MR) is 207 cm³/mol. The van der Waals surface area contributed by atoms with Gasteiger partial charge in [-0.05, 0) is 12.1 Å². The zero-order valence-electron chi connectivity index (χ0n) is 31.5. The van der Waals surface area contributed by atoms with Crippen LogP contribution in [-0.2, 0) is 0 Å². The van der Waals surface area contributed by atoms with Crippen LogP contribution in [0.3, 0.4) is 0 Å². The number of unbranched alkanes of at least 4 members (excludes halogenated alkanes) is 30. The standard InChI is InChI=1S/C40H87NSi2/c1-7-9-11-13-15-17-19-21-23-25-27-29-31-33-35-37-39-43(6,41-42(3,4)5)40-38-36-34-32-30-28-26-24-22-20-18-16-14-12-10-8-2/h41H,7-40H2,1-6H3. The van der Waals surface area contributed by atoms with E-state index in [4.69, 9.17) is 0 Å². The van der Waals surface area contributed by atoms with Gasteiger partial charge in [-0.25, -0.2) is 0 Å². The van der Waals surface area contributed by atoms with E-state index in [-0.39, 0.29) is 0 Å². The van der Waals surface area contributed by atoms with Crippen LogP contribution in [0.25, 0.3) is 0 Å². The Morgan fingerprint density at radius 2 is 0.465 bits per heavy atom. The van der Waals surface area contributed by atoms with Gasteiger partial charge in [-0.3, -0.25) is 0 Å². The molecule has 3 heteroatoms.